The van der Waals surface area contributed by atoms with Crippen molar-refractivity contribution < 1.29 is 4.79 Å². The van der Waals surface area contributed by atoms with Crippen LogP contribution in [0.4, 0.5) is 5.13 Å². The Balaban J connectivity index is 1.29. The Hall–Kier alpha value is -4.70. The Bertz CT molecular complexity index is 1810. The van der Waals surface area contributed by atoms with Gasteiger partial charge in [0.05, 0.1) is 36.2 Å². The number of hydrogen-bond donors (Lipinski definition) is 1. The molecule has 0 unspecified atom stereocenters. The first kappa shape index (κ1) is 25.6. The predicted octanol–water partition coefficient (Wildman–Crippen LogP) is 5.79. The fourth-order valence-corrected chi connectivity index (χ4v) is 5.41. The van der Waals surface area contributed by atoms with Gasteiger partial charge in [-0.05, 0) is 22.6 Å². The van der Waals surface area contributed by atoms with E-state index in [4.69, 9.17) is 0 Å². The molecule has 6 rings (SSSR count). The number of amides is 1. The lowest BCUT2D eigenvalue weighted by Crippen LogP contribution is -2.14. The van der Waals surface area contributed by atoms with Crippen LogP contribution in [-0.4, -0.2) is 40.3 Å². The van der Waals surface area contributed by atoms with Crippen molar-refractivity contribution in [2.75, 3.05) is 5.32 Å². The van der Waals surface area contributed by atoms with Crippen molar-refractivity contribution in [3.8, 4) is 33.5 Å². The van der Waals surface area contributed by atoms with Crippen LogP contribution in [0, 0.1) is 0 Å². The summed E-state index contributed by atoms with van der Waals surface area (Å²) in [5, 5.41) is 12.6. The fraction of sp³-hybridized carbons (Fsp3) is 0.200. The molecule has 9 nitrogen and oxygen atoms in total. The number of carbonyl (C=O) groups excluding carboxylic acids is 1. The first-order valence-electron chi connectivity index (χ1n) is 12.9. The number of rotatable bonds is 6. The lowest BCUT2D eigenvalue weighted by molar-refractivity contribution is -0.115. The van der Waals surface area contributed by atoms with Crippen molar-refractivity contribution in [2.24, 2.45) is 7.05 Å². The number of nitrogens with zero attached hydrogens (tertiary/aromatic N) is 7. The zero-order chi connectivity index (χ0) is 27.9. The van der Waals surface area contributed by atoms with E-state index in [1.54, 1.807) is 23.3 Å². The molecule has 5 aromatic heterocycles. The van der Waals surface area contributed by atoms with Crippen molar-refractivity contribution in [3.63, 3.8) is 0 Å². The summed E-state index contributed by atoms with van der Waals surface area (Å²) in [6, 6.07) is 10.1. The SMILES string of the molecule is Cn1cc(-c2cc(-c3cnccn3)c3c(-c4ccc(CC(=O)Nc5ncc(C(C)(C)C)s5)cc4)cnn3c2)cn1. The highest BCUT2D eigenvalue weighted by Gasteiger charge is 2.19. The van der Waals surface area contributed by atoms with E-state index in [1.165, 1.54) is 11.3 Å². The number of anilines is 1. The van der Waals surface area contributed by atoms with Crippen LogP contribution in [0.3, 0.4) is 0 Å². The molecule has 1 aromatic carbocycles. The minimum atomic E-state index is -0.0913. The summed E-state index contributed by atoms with van der Waals surface area (Å²) >= 11 is 1.51. The predicted molar refractivity (Wildman–Crippen MR) is 157 cm³/mol. The van der Waals surface area contributed by atoms with Gasteiger partial charge in [-0.2, -0.15) is 10.2 Å². The Labute approximate surface area is 235 Å². The maximum Gasteiger partial charge on any atom is 0.230 e. The maximum absolute atomic E-state index is 12.7. The molecule has 0 bridgehead atoms. The molecule has 0 saturated heterocycles. The normalized spacial score (nSPS) is 11.7. The van der Waals surface area contributed by atoms with Gasteiger partial charge in [-0.15, -0.1) is 11.3 Å². The molecule has 0 aliphatic rings. The summed E-state index contributed by atoms with van der Waals surface area (Å²) in [5.74, 6) is -0.0913. The van der Waals surface area contributed by atoms with Gasteiger partial charge in [0.2, 0.25) is 5.91 Å². The third kappa shape index (κ3) is 5.13. The molecule has 0 saturated carbocycles. The standard InChI is InChI=1S/C30H28N8OS/c1-30(2,3)26-16-33-29(40-26)36-27(39)11-19-5-7-20(8-6-19)24-14-35-38-18-21(22-13-34-37(4)17-22)12-23(28(24)38)25-15-31-9-10-32-25/h5-10,12-18H,11H2,1-4H3,(H,33,36,39). The topological polar surface area (TPSA) is 103 Å². The Kier molecular flexibility index (Phi) is 6.47. The zero-order valence-corrected chi connectivity index (χ0v) is 23.5. The van der Waals surface area contributed by atoms with Gasteiger partial charge >= 0.3 is 0 Å². The minimum absolute atomic E-state index is 0.00185. The van der Waals surface area contributed by atoms with E-state index < -0.39 is 0 Å². The summed E-state index contributed by atoms with van der Waals surface area (Å²) in [6.45, 7) is 6.40. The lowest BCUT2D eigenvalue weighted by Gasteiger charge is -2.14. The van der Waals surface area contributed by atoms with Crippen LogP contribution in [0.25, 0.3) is 39.0 Å². The number of pyridine rings is 1. The second-order valence-corrected chi connectivity index (χ2v) is 11.7. The van der Waals surface area contributed by atoms with E-state index in [1.807, 2.05) is 66.8 Å². The second-order valence-electron chi connectivity index (χ2n) is 10.7. The second kappa shape index (κ2) is 10.1. The number of nitrogens with one attached hydrogen (secondary N) is 1. The summed E-state index contributed by atoms with van der Waals surface area (Å²) in [7, 11) is 1.90. The summed E-state index contributed by atoms with van der Waals surface area (Å²) in [5.41, 5.74) is 7.44. The molecule has 0 fully saturated rings. The number of fused-ring (bicyclic) bond motifs is 1. The van der Waals surface area contributed by atoms with Crippen LogP contribution < -0.4 is 5.32 Å². The molecule has 6 aromatic rings. The third-order valence-corrected chi connectivity index (χ3v) is 7.95. The molecule has 1 amide bonds. The quantitative estimate of drug-likeness (QED) is 0.282. The van der Waals surface area contributed by atoms with E-state index >= 15 is 0 Å². The van der Waals surface area contributed by atoms with Gasteiger partial charge in [-0.3, -0.25) is 19.4 Å². The van der Waals surface area contributed by atoms with Crippen LogP contribution in [0.1, 0.15) is 31.2 Å². The number of carbonyl (C=O) groups is 1. The molecule has 200 valence electrons. The van der Waals surface area contributed by atoms with Crippen molar-refractivity contribution in [2.45, 2.75) is 32.6 Å². The zero-order valence-electron chi connectivity index (χ0n) is 22.7. The van der Waals surface area contributed by atoms with Crippen LogP contribution >= 0.6 is 11.3 Å². The fourth-order valence-electron chi connectivity index (χ4n) is 4.52. The highest BCUT2D eigenvalue weighted by molar-refractivity contribution is 7.15. The van der Waals surface area contributed by atoms with Crippen molar-refractivity contribution in [3.05, 3.63) is 90.3 Å². The first-order valence-corrected chi connectivity index (χ1v) is 13.7. The summed E-state index contributed by atoms with van der Waals surface area (Å²) in [4.78, 5) is 27.1. The lowest BCUT2D eigenvalue weighted by atomic mass is 9.96. The van der Waals surface area contributed by atoms with E-state index in [0.29, 0.717) is 5.13 Å². The molecule has 10 heteroatoms. The molecule has 40 heavy (non-hydrogen) atoms. The van der Waals surface area contributed by atoms with Crippen LogP contribution in [0.2, 0.25) is 0 Å². The van der Waals surface area contributed by atoms with E-state index in [-0.39, 0.29) is 17.7 Å². The van der Waals surface area contributed by atoms with Gasteiger partial charge in [0.25, 0.3) is 0 Å². The Morgan fingerprint density at radius 3 is 2.40 bits per heavy atom. The van der Waals surface area contributed by atoms with Crippen LogP contribution in [0.15, 0.2) is 79.9 Å². The number of benzene rings is 1. The van der Waals surface area contributed by atoms with Crippen LogP contribution in [-0.2, 0) is 23.7 Å². The van der Waals surface area contributed by atoms with Gasteiger partial charge in [0.1, 0.15) is 0 Å². The van der Waals surface area contributed by atoms with Crippen molar-refractivity contribution >= 4 is 27.9 Å². The molecule has 0 spiro atoms. The average molecular weight is 549 g/mol. The van der Waals surface area contributed by atoms with E-state index in [9.17, 15) is 4.79 Å². The molecule has 0 radical (unpaired) electrons. The molecular weight excluding hydrogens is 520 g/mol. The van der Waals surface area contributed by atoms with Crippen LogP contribution in [0.5, 0.6) is 0 Å². The number of thiazole rings is 1. The Morgan fingerprint density at radius 1 is 0.900 bits per heavy atom. The molecule has 0 atom stereocenters. The van der Waals surface area contributed by atoms with Gasteiger partial charge in [0.15, 0.2) is 5.13 Å². The molecule has 1 N–H and O–H groups in total. The van der Waals surface area contributed by atoms with Gasteiger partial charge in [-0.1, -0.05) is 45.0 Å². The Morgan fingerprint density at radius 2 is 1.73 bits per heavy atom. The maximum atomic E-state index is 12.7. The highest BCUT2D eigenvalue weighted by atomic mass is 32.1. The molecule has 0 aliphatic carbocycles. The van der Waals surface area contributed by atoms with Gasteiger partial charge < -0.3 is 5.32 Å². The first-order chi connectivity index (χ1) is 19.2. The number of aryl methyl sites for hydroxylation is 1. The van der Waals surface area contributed by atoms with Gasteiger partial charge in [-0.25, -0.2) is 9.50 Å². The molecule has 5 heterocycles. The third-order valence-electron chi connectivity index (χ3n) is 6.61. The minimum Gasteiger partial charge on any atom is -0.302 e. The average Bonchev–Trinajstić information content (AvgIpc) is 3.69. The number of aromatic nitrogens is 7. The van der Waals surface area contributed by atoms with E-state index in [2.05, 4.69) is 57.3 Å². The van der Waals surface area contributed by atoms with E-state index in [0.717, 1.165) is 49.5 Å². The summed E-state index contributed by atoms with van der Waals surface area (Å²) < 4.78 is 3.65. The monoisotopic (exact) mass is 548 g/mol. The summed E-state index contributed by atoms with van der Waals surface area (Å²) in [6.07, 6.45) is 14.9. The number of hydrogen-bond acceptors (Lipinski definition) is 7. The highest BCUT2D eigenvalue weighted by Crippen LogP contribution is 2.35. The van der Waals surface area contributed by atoms with Crippen molar-refractivity contribution in [1.82, 2.24) is 34.3 Å². The smallest absolute Gasteiger partial charge is 0.230 e. The largest absolute Gasteiger partial charge is 0.302 e. The molecular formula is C30H28N8OS. The van der Waals surface area contributed by atoms with Gasteiger partial charge in [0, 0.05) is 65.2 Å². The molecule has 0 aliphatic heterocycles. The van der Waals surface area contributed by atoms with Crippen molar-refractivity contribution in [1.29, 1.82) is 0 Å².